The van der Waals surface area contributed by atoms with Crippen molar-refractivity contribution in [1.82, 2.24) is 4.90 Å². The summed E-state index contributed by atoms with van der Waals surface area (Å²) in [5.41, 5.74) is 0.449. The highest BCUT2D eigenvalue weighted by Gasteiger charge is 2.27. The topological polar surface area (TPSA) is 72.7 Å². The number of carbonyl (C=O) groups is 1. The van der Waals surface area contributed by atoms with Crippen LogP contribution in [0.2, 0.25) is 0 Å². The van der Waals surface area contributed by atoms with Crippen LogP contribution in [0.25, 0.3) is 0 Å². The van der Waals surface area contributed by atoms with E-state index in [9.17, 15) is 14.9 Å². The first-order valence-corrected chi connectivity index (χ1v) is 6.63. The molecule has 1 aromatic rings. The number of carbonyl (C=O) groups excluding carboxylic acids is 1. The number of nitrogens with zero attached hydrogens (tertiary/aromatic N) is 2. The second-order valence-corrected chi connectivity index (χ2v) is 5.12. The van der Waals surface area contributed by atoms with Gasteiger partial charge in [0.15, 0.2) is 0 Å². The summed E-state index contributed by atoms with van der Waals surface area (Å²) in [6.07, 6.45) is 0.0401. The number of benzene rings is 1. The zero-order chi connectivity index (χ0) is 14.7. The van der Waals surface area contributed by atoms with Crippen molar-refractivity contribution in [2.24, 2.45) is 0 Å². The fourth-order valence-corrected chi connectivity index (χ4v) is 2.49. The van der Waals surface area contributed by atoms with E-state index in [1.165, 1.54) is 6.07 Å². The minimum Gasteiger partial charge on any atom is -0.372 e. The lowest BCUT2D eigenvalue weighted by Gasteiger charge is -2.35. The average molecular weight is 278 g/mol. The molecule has 1 saturated heterocycles. The van der Waals surface area contributed by atoms with Gasteiger partial charge in [-0.3, -0.25) is 14.9 Å². The summed E-state index contributed by atoms with van der Waals surface area (Å²) in [5, 5.41) is 10.9. The summed E-state index contributed by atoms with van der Waals surface area (Å²) in [7, 11) is 0. The SMILES string of the molecule is C[C@@H]1CN(C(=O)Cc2ccccc2[N+](=O)[O-])C[C@H](C)O1. The van der Waals surface area contributed by atoms with Crippen LogP contribution in [0, 0.1) is 10.1 Å². The van der Waals surface area contributed by atoms with E-state index in [-0.39, 0.29) is 30.2 Å². The van der Waals surface area contributed by atoms with Gasteiger partial charge in [0.05, 0.1) is 23.6 Å². The first-order chi connectivity index (χ1) is 9.47. The Hall–Kier alpha value is -1.95. The molecular formula is C14H18N2O4. The lowest BCUT2D eigenvalue weighted by atomic mass is 10.1. The Morgan fingerprint density at radius 1 is 1.35 bits per heavy atom. The quantitative estimate of drug-likeness (QED) is 0.624. The largest absolute Gasteiger partial charge is 0.372 e. The van der Waals surface area contributed by atoms with E-state index < -0.39 is 4.92 Å². The molecule has 1 aliphatic rings. The number of rotatable bonds is 3. The molecule has 1 aliphatic heterocycles. The van der Waals surface area contributed by atoms with Crippen LogP contribution in [0.15, 0.2) is 24.3 Å². The predicted octanol–water partition coefficient (Wildman–Crippen LogP) is 1.77. The summed E-state index contributed by atoms with van der Waals surface area (Å²) in [6.45, 7) is 4.90. The number of para-hydroxylation sites is 1. The van der Waals surface area contributed by atoms with E-state index in [0.717, 1.165) is 0 Å². The molecule has 1 amide bonds. The molecule has 6 nitrogen and oxygen atoms in total. The molecule has 1 aromatic carbocycles. The number of ether oxygens (including phenoxy) is 1. The fourth-order valence-electron chi connectivity index (χ4n) is 2.49. The zero-order valence-electron chi connectivity index (χ0n) is 11.6. The van der Waals surface area contributed by atoms with Crippen LogP contribution >= 0.6 is 0 Å². The molecule has 1 heterocycles. The van der Waals surface area contributed by atoms with Gasteiger partial charge in [0, 0.05) is 24.7 Å². The van der Waals surface area contributed by atoms with Gasteiger partial charge in [0.1, 0.15) is 0 Å². The van der Waals surface area contributed by atoms with Crippen LogP contribution in [0.1, 0.15) is 19.4 Å². The Labute approximate surface area is 117 Å². The molecule has 0 bridgehead atoms. The lowest BCUT2D eigenvalue weighted by molar-refractivity contribution is -0.385. The summed E-state index contributed by atoms with van der Waals surface area (Å²) < 4.78 is 5.58. The Bertz CT molecular complexity index is 508. The van der Waals surface area contributed by atoms with E-state index >= 15 is 0 Å². The Kier molecular flexibility index (Phi) is 4.34. The van der Waals surface area contributed by atoms with Crippen molar-refractivity contribution >= 4 is 11.6 Å². The molecule has 0 unspecified atom stereocenters. The summed E-state index contributed by atoms with van der Waals surface area (Å²) in [5.74, 6) is -0.0960. The highest BCUT2D eigenvalue weighted by molar-refractivity contribution is 5.80. The molecule has 0 aliphatic carbocycles. The van der Waals surface area contributed by atoms with Crippen LogP contribution < -0.4 is 0 Å². The van der Waals surface area contributed by atoms with E-state index in [4.69, 9.17) is 4.74 Å². The van der Waals surface area contributed by atoms with Crippen molar-refractivity contribution in [1.29, 1.82) is 0 Å². The summed E-state index contributed by atoms with van der Waals surface area (Å²) in [4.78, 5) is 24.5. The first-order valence-electron chi connectivity index (χ1n) is 6.63. The maximum Gasteiger partial charge on any atom is 0.273 e. The maximum atomic E-state index is 12.3. The van der Waals surface area contributed by atoms with E-state index in [1.807, 2.05) is 13.8 Å². The van der Waals surface area contributed by atoms with Crippen molar-refractivity contribution < 1.29 is 14.5 Å². The highest BCUT2D eigenvalue weighted by Crippen LogP contribution is 2.20. The van der Waals surface area contributed by atoms with Crippen LogP contribution in [0.5, 0.6) is 0 Å². The molecule has 0 saturated carbocycles. The maximum absolute atomic E-state index is 12.3. The normalized spacial score (nSPS) is 22.6. The van der Waals surface area contributed by atoms with Crippen molar-refractivity contribution in [3.8, 4) is 0 Å². The molecule has 0 N–H and O–H groups in total. The molecule has 108 valence electrons. The zero-order valence-corrected chi connectivity index (χ0v) is 11.6. The van der Waals surface area contributed by atoms with Gasteiger partial charge in [-0.2, -0.15) is 0 Å². The molecule has 2 atom stereocenters. The summed E-state index contributed by atoms with van der Waals surface area (Å²) in [6, 6.07) is 6.36. The Morgan fingerprint density at radius 2 is 1.95 bits per heavy atom. The third-order valence-electron chi connectivity index (χ3n) is 3.30. The molecule has 6 heteroatoms. The summed E-state index contributed by atoms with van der Waals surface area (Å²) >= 11 is 0. The third kappa shape index (κ3) is 3.33. The second kappa shape index (κ2) is 6.00. The van der Waals surface area contributed by atoms with Gasteiger partial charge in [0.25, 0.3) is 5.69 Å². The monoisotopic (exact) mass is 278 g/mol. The van der Waals surface area contributed by atoms with Crippen molar-refractivity contribution in [2.75, 3.05) is 13.1 Å². The molecule has 20 heavy (non-hydrogen) atoms. The molecular weight excluding hydrogens is 260 g/mol. The molecule has 2 rings (SSSR count). The molecule has 1 fully saturated rings. The van der Waals surface area contributed by atoms with Gasteiger partial charge in [-0.25, -0.2) is 0 Å². The van der Waals surface area contributed by atoms with Crippen LogP contribution in [-0.2, 0) is 16.0 Å². The number of amides is 1. The minimum atomic E-state index is -0.451. The van der Waals surface area contributed by atoms with E-state index in [0.29, 0.717) is 18.7 Å². The molecule has 0 radical (unpaired) electrons. The Morgan fingerprint density at radius 3 is 2.55 bits per heavy atom. The smallest absolute Gasteiger partial charge is 0.273 e. The van der Waals surface area contributed by atoms with Gasteiger partial charge in [-0.15, -0.1) is 0 Å². The third-order valence-corrected chi connectivity index (χ3v) is 3.30. The van der Waals surface area contributed by atoms with Crippen molar-refractivity contribution in [3.05, 3.63) is 39.9 Å². The molecule has 0 aromatic heterocycles. The highest BCUT2D eigenvalue weighted by atomic mass is 16.6. The van der Waals surface area contributed by atoms with E-state index in [1.54, 1.807) is 23.1 Å². The predicted molar refractivity (Wildman–Crippen MR) is 73.4 cm³/mol. The van der Waals surface area contributed by atoms with Crippen molar-refractivity contribution in [2.45, 2.75) is 32.5 Å². The van der Waals surface area contributed by atoms with Gasteiger partial charge in [-0.05, 0) is 13.8 Å². The number of hydrogen-bond donors (Lipinski definition) is 0. The van der Waals surface area contributed by atoms with Crippen LogP contribution in [-0.4, -0.2) is 41.0 Å². The standard InChI is InChI=1S/C14H18N2O4/c1-10-8-15(9-11(2)20-10)14(17)7-12-5-3-4-6-13(12)16(18)19/h3-6,10-11H,7-9H2,1-2H3/t10-,11+. The number of nitro benzene ring substituents is 1. The van der Waals surface area contributed by atoms with Gasteiger partial charge in [0.2, 0.25) is 5.91 Å². The van der Waals surface area contributed by atoms with Crippen LogP contribution in [0.4, 0.5) is 5.69 Å². The number of morpholine rings is 1. The van der Waals surface area contributed by atoms with Crippen LogP contribution in [0.3, 0.4) is 0 Å². The lowest BCUT2D eigenvalue weighted by Crippen LogP contribution is -2.48. The molecule has 0 spiro atoms. The first kappa shape index (κ1) is 14.5. The number of hydrogen-bond acceptors (Lipinski definition) is 4. The Balaban J connectivity index is 2.10. The van der Waals surface area contributed by atoms with Gasteiger partial charge < -0.3 is 9.64 Å². The van der Waals surface area contributed by atoms with E-state index in [2.05, 4.69) is 0 Å². The second-order valence-electron chi connectivity index (χ2n) is 5.12. The number of nitro groups is 1. The van der Waals surface area contributed by atoms with Gasteiger partial charge >= 0.3 is 0 Å². The minimum absolute atomic E-state index is 0.00444. The van der Waals surface area contributed by atoms with Gasteiger partial charge in [-0.1, -0.05) is 18.2 Å². The average Bonchev–Trinajstić information content (AvgIpc) is 2.37. The fraction of sp³-hybridized carbons (Fsp3) is 0.500. The van der Waals surface area contributed by atoms with Crippen molar-refractivity contribution in [3.63, 3.8) is 0 Å².